The lowest BCUT2D eigenvalue weighted by Gasteiger charge is -2.13. The number of aromatic nitrogens is 3. The van der Waals surface area contributed by atoms with Crippen LogP contribution in [0.2, 0.25) is 0 Å². The maximum atomic E-state index is 9.69. The predicted molar refractivity (Wildman–Crippen MR) is 226 cm³/mol. The molecule has 3 heterocycles. The molecule has 0 fully saturated rings. The first-order valence-corrected chi connectivity index (χ1v) is 18.3. The normalized spacial score (nSPS) is 11.6. The molecule has 0 aliphatic rings. The van der Waals surface area contributed by atoms with Crippen molar-refractivity contribution < 1.29 is 0 Å². The fourth-order valence-corrected chi connectivity index (χ4v) is 8.66. The summed E-state index contributed by atoms with van der Waals surface area (Å²) in [5.74, 6) is 0. The molecule has 0 spiro atoms. The van der Waals surface area contributed by atoms with Crippen LogP contribution in [-0.4, -0.2) is 13.7 Å². The van der Waals surface area contributed by atoms with Crippen LogP contribution in [0.1, 0.15) is 5.56 Å². The molecule has 5 nitrogen and oxygen atoms in total. The van der Waals surface area contributed by atoms with E-state index < -0.39 is 0 Å². The van der Waals surface area contributed by atoms with Gasteiger partial charge in [0, 0.05) is 43.7 Å². The third kappa shape index (κ3) is 4.51. The van der Waals surface area contributed by atoms with Gasteiger partial charge in [-0.1, -0.05) is 103 Å². The van der Waals surface area contributed by atoms with E-state index in [0.717, 1.165) is 61.0 Å². The number of rotatable bonds is 4. The van der Waals surface area contributed by atoms with Crippen molar-refractivity contribution in [3.05, 3.63) is 193 Å². The molecule has 0 atom stereocenters. The molecular weight excluding hydrogens is 671 g/mol. The molecule has 5 heteroatoms. The van der Waals surface area contributed by atoms with Gasteiger partial charge in [-0.15, -0.1) is 0 Å². The van der Waals surface area contributed by atoms with Gasteiger partial charge in [0.2, 0.25) is 5.69 Å². The van der Waals surface area contributed by atoms with Crippen LogP contribution in [0.4, 0.5) is 5.69 Å². The van der Waals surface area contributed by atoms with E-state index in [0.29, 0.717) is 11.3 Å². The molecule has 55 heavy (non-hydrogen) atoms. The molecule has 0 amide bonds. The molecule has 0 saturated carbocycles. The van der Waals surface area contributed by atoms with Crippen molar-refractivity contribution in [1.29, 1.82) is 5.26 Å². The van der Waals surface area contributed by atoms with E-state index in [-0.39, 0.29) is 0 Å². The topological polar surface area (TPSA) is 42.9 Å². The van der Waals surface area contributed by atoms with Crippen LogP contribution in [0.15, 0.2) is 176 Å². The summed E-state index contributed by atoms with van der Waals surface area (Å²) in [5, 5.41) is 16.7. The summed E-state index contributed by atoms with van der Waals surface area (Å²) in [7, 11) is 0. The molecule has 8 aromatic carbocycles. The first-order valence-electron chi connectivity index (χ1n) is 18.3. The molecule has 254 valence electrons. The van der Waals surface area contributed by atoms with E-state index in [4.69, 9.17) is 6.57 Å². The highest BCUT2D eigenvalue weighted by Crippen LogP contribution is 2.40. The second-order valence-corrected chi connectivity index (χ2v) is 14.0. The van der Waals surface area contributed by atoms with Crippen molar-refractivity contribution in [2.24, 2.45) is 0 Å². The molecule has 0 aliphatic carbocycles. The largest absolute Gasteiger partial charge is 0.319 e. The van der Waals surface area contributed by atoms with Crippen molar-refractivity contribution in [1.82, 2.24) is 13.7 Å². The van der Waals surface area contributed by atoms with Gasteiger partial charge in [-0.2, -0.15) is 5.26 Å². The van der Waals surface area contributed by atoms with Crippen molar-refractivity contribution >= 4 is 71.1 Å². The van der Waals surface area contributed by atoms with Gasteiger partial charge in [-0.25, -0.2) is 4.85 Å². The number of para-hydroxylation sites is 4. The van der Waals surface area contributed by atoms with Gasteiger partial charge in [0.15, 0.2) is 0 Å². The smallest absolute Gasteiger partial charge is 0.211 e. The van der Waals surface area contributed by atoms with E-state index in [1.807, 2.05) is 42.5 Å². The molecule has 0 N–H and O–H groups in total. The third-order valence-electron chi connectivity index (χ3n) is 11.1. The summed E-state index contributed by atoms with van der Waals surface area (Å²) >= 11 is 0. The van der Waals surface area contributed by atoms with Crippen molar-refractivity contribution in [3.63, 3.8) is 0 Å². The van der Waals surface area contributed by atoms with Gasteiger partial charge < -0.3 is 13.7 Å². The quantitative estimate of drug-likeness (QED) is 0.169. The van der Waals surface area contributed by atoms with Crippen LogP contribution in [0.3, 0.4) is 0 Å². The lowest BCUT2D eigenvalue weighted by molar-refractivity contribution is 1.15. The van der Waals surface area contributed by atoms with E-state index in [1.165, 1.54) is 32.6 Å². The Hall–Kier alpha value is -7.86. The van der Waals surface area contributed by atoms with Gasteiger partial charge in [-0.05, 0) is 83.9 Å². The molecule has 11 rings (SSSR count). The Morgan fingerprint density at radius 1 is 0.400 bits per heavy atom. The maximum absolute atomic E-state index is 9.69. The molecule has 3 aromatic heterocycles. The Kier molecular flexibility index (Phi) is 6.61. The van der Waals surface area contributed by atoms with E-state index in [2.05, 4.69) is 158 Å². The summed E-state index contributed by atoms with van der Waals surface area (Å²) in [6.45, 7) is 8.24. The maximum Gasteiger partial charge on any atom is 0.211 e. The van der Waals surface area contributed by atoms with Crippen LogP contribution >= 0.6 is 0 Å². The van der Waals surface area contributed by atoms with Gasteiger partial charge >= 0.3 is 0 Å². The minimum absolute atomic E-state index is 0.548. The highest BCUT2D eigenvalue weighted by molar-refractivity contribution is 6.12. The predicted octanol–water partition coefficient (Wildman–Crippen LogP) is 13.1. The lowest BCUT2D eigenvalue weighted by atomic mass is 10.0. The van der Waals surface area contributed by atoms with Gasteiger partial charge in [-0.3, -0.25) is 0 Å². The second-order valence-electron chi connectivity index (χ2n) is 14.0. The number of hydrogen-bond acceptors (Lipinski definition) is 1. The van der Waals surface area contributed by atoms with Crippen molar-refractivity contribution in [2.75, 3.05) is 0 Å². The Bertz CT molecular complexity index is 3400. The van der Waals surface area contributed by atoms with Crippen LogP contribution in [0.5, 0.6) is 0 Å². The summed E-state index contributed by atoms with van der Waals surface area (Å²) in [5.41, 5.74) is 12.7. The Morgan fingerprint density at radius 3 is 1.42 bits per heavy atom. The molecular formula is C50H29N5. The first-order chi connectivity index (χ1) is 27.2. The minimum atomic E-state index is 0.548. The van der Waals surface area contributed by atoms with Crippen LogP contribution in [0.25, 0.3) is 98.5 Å². The van der Waals surface area contributed by atoms with Crippen LogP contribution < -0.4 is 0 Å². The molecule has 11 aromatic rings. The van der Waals surface area contributed by atoms with Gasteiger partial charge in [0.1, 0.15) is 0 Å². The molecule has 0 bridgehead atoms. The minimum Gasteiger partial charge on any atom is -0.319 e. The molecule has 0 unspecified atom stereocenters. The van der Waals surface area contributed by atoms with E-state index in [1.54, 1.807) is 0 Å². The zero-order valence-corrected chi connectivity index (χ0v) is 29.5. The van der Waals surface area contributed by atoms with Crippen LogP contribution in [0, 0.1) is 17.9 Å². The molecule has 0 saturated heterocycles. The second kappa shape index (κ2) is 11.8. The number of fused-ring (bicyclic) bond motifs is 9. The summed E-state index contributed by atoms with van der Waals surface area (Å²) in [6.07, 6.45) is 0. The van der Waals surface area contributed by atoms with Gasteiger partial charge in [0.25, 0.3) is 0 Å². The van der Waals surface area contributed by atoms with Gasteiger partial charge in [0.05, 0.1) is 57.0 Å². The Balaban J connectivity index is 1.04. The zero-order valence-electron chi connectivity index (χ0n) is 29.5. The fraction of sp³-hybridized carbons (Fsp3) is 0. The summed E-state index contributed by atoms with van der Waals surface area (Å²) < 4.78 is 6.84. The number of nitrogens with zero attached hydrogens (tertiary/aromatic N) is 5. The first kappa shape index (κ1) is 30.7. The SMILES string of the molecule is [C-]#[N+]c1cc(-c2ccc(-n3c4ccccc4c4ccc(-n5c6ccccc6c6ccccc65)cc43)cc2)ccc1-n1c2ccccc2c2ccc(C#N)cc21. The molecule has 0 radical (unpaired) electrons. The van der Waals surface area contributed by atoms with Crippen molar-refractivity contribution in [2.45, 2.75) is 0 Å². The highest BCUT2D eigenvalue weighted by atomic mass is 15.0. The standard InChI is InChI=1S/C50H29N5/c1-52-43-29-34(21-27-48(43)55-47-17-9-5-13-40(47)41-25-18-32(31-51)28-49(41)55)33-19-22-35(23-20-33)53-44-14-6-4-12-39(44)42-26-24-36(30-50(42)53)54-45-15-7-2-10-37(45)38-11-3-8-16-46(38)54/h2-30H. The number of hydrogen-bond donors (Lipinski definition) is 0. The highest BCUT2D eigenvalue weighted by Gasteiger charge is 2.18. The number of benzene rings is 8. The third-order valence-corrected chi connectivity index (χ3v) is 11.1. The van der Waals surface area contributed by atoms with Crippen LogP contribution in [-0.2, 0) is 0 Å². The fourth-order valence-electron chi connectivity index (χ4n) is 8.66. The monoisotopic (exact) mass is 699 g/mol. The number of nitriles is 1. The summed E-state index contributed by atoms with van der Waals surface area (Å²) in [6, 6.07) is 63.7. The lowest BCUT2D eigenvalue weighted by Crippen LogP contribution is -1.97. The zero-order chi connectivity index (χ0) is 36.6. The Labute approximate surface area is 316 Å². The van der Waals surface area contributed by atoms with E-state index in [9.17, 15) is 5.26 Å². The molecule has 0 aliphatic heterocycles. The van der Waals surface area contributed by atoms with E-state index >= 15 is 0 Å². The average Bonchev–Trinajstić information content (AvgIpc) is 3.88. The van der Waals surface area contributed by atoms with Crippen molar-refractivity contribution in [3.8, 4) is 34.3 Å². The Morgan fingerprint density at radius 2 is 0.855 bits per heavy atom. The summed E-state index contributed by atoms with van der Waals surface area (Å²) in [4.78, 5) is 4.02. The average molecular weight is 700 g/mol.